The molecule has 4 heteroatoms. The fourth-order valence-corrected chi connectivity index (χ4v) is 1.01. The second kappa shape index (κ2) is 3.98. The van der Waals surface area contributed by atoms with Gasteiger partial charge in [0.05, 0.1) is 5.69 Å². The Kier molecular flexibility index (Phi) is 3.09. The first kappa shape index (κ1) is 11.7. The number of hydrogen-bond acceptors (Lipinski definition) is 2. The maximum atomic E-state index is 13.2. The molecule has 0 unspecified atom stereocenters. The SMILES string of the molecule is Cc1ccc(F)c(NC(=O)C(C)(C)O)c1. The van der Waals surface area contributed by atoms with E-state index in [0.717, 1.165) is 5.56 Å². The predicted octanol–water partition coefficient (Wildman–Crippen LogP) is 1.84. The number of benzene rings is 1. The molecule has 0 aliphatic rings. The molecule has 2 N–H and O–H groups in total. The zero-order chi connectivity index (χ0) is 11.6. The number of amides is 1. The van der Waals surface area contributed by atoms with Crippen molar-refractivity contribution in [2.75, 3.05) is 5.32 Å². The third-order valence-electron chi connectivity index (χ3n) is 1.93. The molecule has 1 aromatic rings. The van der Waals surface area contributed by atoms with E-state index < -0.39 is 17.3 Å². The fraction of sp³-hybridized carbons (Fsp3) is 0.364. The summed E-state index contributed by atoms with van der Waals surface area (Å²) in [7, 11) is 0. The van der Waals surface area contributed by atoms with Crippen molar-refractivity contribution < 1.29 is 14.3 Å². The van der Waals surface area contributed by atoms with Gasteiger partial charge in [0.15, 0.2) is 0 Å². The van der Waals surface area contributed by atoms with Crippen molar-refractivity contribution in [1.29, 1.82) is 0 Å². The van der Waals surface area contributed by atoms with Crippen molar-refractivity contribution in [2.24, 2.45) is 0 Å². The number of hydrogen-bond donors (Lipinski definition) is 2. The van der Waals surface area contributed by atoms with Crippen LogP contribution in [0.1, 0.15) is 19.4 Å². The zero-order valence-electron chi connectivity index (χ0n) is 8.97. The van der Waals surface area contributed by atoms with Gasteiger partial charge in [0.25, 0.3) is 5.91 Å². The van der Waals surface area contributed by atoms with E-state index in [-0.39, 0.29) is 5.69 Å². The number of carbonyl (C=O) groups excluding carboxylic acids is 1. The molecule has 0 spiro atoms. The lowest BCUT2D eigenvalue weighted by atomic mass is 10.1. The number of aliphatic hydroxyl groups is 1. The van der Waals surface area contributed by atoms with E-state index >= 15 is 0 Å². The van der Waals surface area contributed by atoms with Gasteiger partial charge < -0.3 is 10.4 Å². The molecule has 82 valence electrons. The van der Waals surface area contributed by atoms with Gasteiger partial charge in [0.1, 0.15) is 11.4 Å². The van der Waals surface area contributed by atoms with Crippen LogP contribution >= 0.6 is 0 Å². The molecule has 0 aromatic heterocycles. The first-order valence-corrected chi connectivity index (χ1v) is 4.60. The smallest absolute Gasteiger partial charge is 0.255 e. The summed E-state index contributed by atoms with van der Waals surface area (Å²) in [5.41, 5.74) is -0.597. The van der Waals surface area contributed by atoms with Crippen molar-refractivity contribution >= 4 is 11.6 Å². The van der Waals surface area contributed by atoms with E-state index in [9.17, 15) is 14.3 Å². The fourth-order valence-electron chi connectivity index (χ4n) is 1.01. The highest BCUT2D eigenvalue weighted by atomic mass is 19.1. The molecule has 0 radical (unpaired) electrons. The summed E-state index contributed by atoms with van der Waals surface area (Å²) >= 11 is 0. The molecule has 0 heterocycles. The number of carbonyl (C=O) groups is 1. The molecular formula is C11H14FNO2. The number of anilines is 1. The first-order valence-electron chi connectivity index (χ1n) is 4.60. The quantitative estimate of drug-likeness (QED) is 0.784. The Balaban J connectivity index is 2.90. The van der Waals surface area contributed by atoms with E-state index in [1.807, 2.05) is 0 Å². The molecular weight excluding hydrogens is 197 g/mol. The molecule has 0 fully saturated rings. The van der Waals surface area contributed by atoms with Crippen molar-refractivity contribution in [2.45, 2.75) is 26.4 Å². The molecule has 0 aliphatic carbocycles. The molecule has 0 saturated carbocycles. The molecule has 1 amide bonds. The average Bonchev–Trinajstić information content (AvgIpc) is 2.09. The molecule has 1 rings (SSSR count). The Morgan fingerprint density at radius 2 is 2.07 bits per heavy atom. The molecule has 15 heavy (non-hydrogen) atoms. The summed E-state index contributed by atoms with van der Waals surface area (Å²) in [5, 5.41) is 11.7. The lowest BCUT2D eigenvalue weighted by Gasteiger charge is -2.17. The predicted molar refractivity (Wildman–Crippen MR) is 56.1 cm³/mol. The van der Waals surface area contributed by atoms with Gasteiger partial charge in [-0.1, -0.05) is 6.07 Å². The largest absolute Gasteiger partial charge is 0.381 e. The van der Waals surface area contributed by atoms with Gasteiger partial charge in [-0.3, -0.25) is 4.79 Å². The summed E-state index contributed by atoms with van der Waals surface area (Å²) in [6, 6.07) is 4.39. The minimum Gasteiger partial charge on any atom is -0.381 e. The van der Waals surface area contributed by atoms with Gasteiger partial charge in [0.2, 0.25) is 0 Å². The molecule has 0 bridgehead atoms. The van der Waals surface area contributed by atoms with E-state index in [1.54, 1.807) is 13.0 Å². The van der Waals surface area contributed by atoms with Gasteiger partial charge in [-0.2, -0.15) is 0 Å². The van der Waals surface area contributed by atoms with Crippen molar-refractivity contribution in [3.63, 3.8) is 0 Å². The van der Waals surface area contributed by atoms with E-state index in [0.29, 0.717) is 0 Å². The van der Waals surface area contributed by atoms with Gasteiger partial charge in [0, 0.05) is 0 Å². The van der Waals surface area contributed by atoms with Gasteiger partial charge in [-0.05, 0) is 38.5 Å². The van der Waals surface area contributed by atoms with E-state index in [4.69, 9.17) is 0 Å². The second-order valence-corrected chi connectivity index (χ2v) is 4.00. The van der Waals surface area contributed by atoms with E-state index in [1.165, 1.54) is 26.0 Å². The molecule has 0 atom stereocenters. The van der Waals surface area contributed by atoms with E-state index in [2.05, 4.69) is 5.32 Å². The number of nitrogens with one attached hydrogen (secondary N) is 1. The highest BCUT2D eigenvalue weighted by molar-refractivity contribution is 5.96. The van der Waals surface area contributed by atoms with Crippen molar-refractivity contribution in [3.05, 3.63) is 29.6 Å². The molecule has 0 aliphatic heterocycles. The second-order valence-electron chi connectivity index (χ2n) is 4.00. The van der Waals surface area contributed by atoms with Crippen LogP contribution in [0.5, 0.6) is 0 Å². The van der Waals surface area contributed by atoms with Crippen LogP contribution in [0.25, 0.3) is 0 Å². The van der Waals surface area contributed by atoms with Crippen LogP contribution in [0, 0.1) is 12.7 Å². The van der Waals surface area contributed by atoms with Gasteiger partial charge >= 0.3 is 0 Å². The Morgan fingerprint density at radius 1 is 1.47 bits per heavy atom. The molecule has 0 saturated heterocycles. The van der Waals surface area contributed by atoms with Crippen LogP contribution in [-0.2, 0) is 4.79 Å². The van der Waals surface area contributed by atoms with Crippen molar-refractivity contribution in [3.8, 4) is 0 Å². The van der Waals surface area contributed by atoms with Crippen LogP contribution in [-0.4, -0.2) is 16.6 Å². The average molecular weight is 211 g/mol. The lowest BCUT2D eigenvalue weighted by molar-refractivity contribution is -0.130. The van der Waals surface area contributed by atoms with Crippen LogP contribution in [0.4, 0.5) is 10.1 Å². The summed E-state index contributed by atoms with van der Waals surface area (Å²) in [4.78, 5) is 11.4. The number of halogens is 1. The summed E-state index contributed by atoms with van der Waals surface area (Å²) in [6.07, 6.45) is 0. The third kappa shape index (κ3) is 3.02. The minimum absolute atomic E-state index is 0.0853. The zero-order valence-corrected chi connectivity index (χ0v) is 8.97. The first-order chi connectivity index (χ1) is 6.80. The summed E-state index contributed by atoms with van der Waals surface area (Å²) < 4.78 is 13.2. The van der Waals surface area contributed by atoms with Crippen LogP contribution in [0.15, 0.2) is 18.2 Å². The molecule has 3 nitrogen and oxygen atoms in total. The number of rotatable bonds is 2. The van der Waals surface area contributed by atoms with Crippen LogP contribution in [0.2, 0.25) is 0 Å². The maximum Gasteiger partial charge on any atom is 0.255 e. The highest BCUT2D eigenvalue weighted by Crippen LogP contribution is 2.17. The van der Waals surface area contributed by atoms with Crippen LogP contribution in [0.3, 0.4) is 0 Å². The number of aryl methyl sites for hydroxylation is 1. The normalized spacial score (nSPS) is 11.3. The highest BCUT2D eigenvalue weighted by Gasteiger charge is 2.24. The Morgan fingerprint density at radius 3 is 2.60 bits per heavy atom. The minimum atomic E-state index is -1.52. The third-order valence-corrected chi connectivity index (χ3v) is 1.93. The standard InChI is InChI=1S/C11H14FNO2/c1-7-4-5-8(12)9(6-7)13-10(14)11(2,3)15/h4-6,15H,1-3H3,(H,13,14). The summed E-state index contributed by atoms with van der Waals surface area (Å²) in [6.45, 7) is 4.48. The van der Waals surface area contributed by atoms with Gasteiger partial charge in [-0.15, -0.1) is 0 Å². The Hall–Kier alpha value is -1.42. The topological polar surface area (TPSA) is 49.3 Å². The maximum absolute atomic E-state index is 13.2. The van der Waals surface area contributed by atoms with Gasteiger partial charge in [-0.25, -0.2) is 4.39 Å². The monoisotopic (exact) mass is 211 g/mol. The lowest BCUT2D eigenvalue weighted by Crippen LogP contribution is -2.36. The summed E-state index contributed by atoms with van der Waals surface area (Å²) in [5.74, 6) is -1.15. The van der Waals surface area contributed by atoms with Crippen LogP contribution < -0.4 is 5.32 Å². The Labute approximate surface area is 87.9 Å². The van der Waals surface area contributed by atoms with Crippen molar-refractivity contribution in [1.82, 2.24) is 0 Å². The Bertz CT molecular complexity index is 383. The molecule has 1 aromatic carbocycles.